The number of rotatable bonds is 8. The number of fused-ring (bicyclic) bond motifs is 1. The minimum absolute atomic E-state index is 0.0170. The summed E-state index contributed by atoms with van der Waals surface area (Å²) in [6.45, 7) is 8.42. The summed E-state index contributed by atoms with van der Waals surface area (Å²) in [7, 11) is 3.48. The van der Waals surface area contributed by atoms with Crippen LogP contribution in [-0.2, 0) is 18.3 Å². The zero-order valence-electron chi connectivity index (χ0n) is 20.7. The van der Waals surface area contributed by atoms with Crippen LogP contribution in [0, 0.1) is 13.8 Å². The minimum Gasteiger partial charge on any atom is -0.479 e. The number of carbonyl (C=O) groups is 1. The van der Waals surface area contributed by atoms with Crippen molar-refractivity contribution in [3.05, 3.63) is 74.6 Å². The van der Waals surface area contributed by atoms with Gasteiger partial charge < -0.3 is 10.1 Å². The van der Waals surface area contributed by atoms with Gasteiger partial charge in [-0.3, -0.25) is 4.79 Å². The lowest BCUT2D eigenvalue weighted by atomic mass is 9.97. The van der Waals surface area contributed by atoms with Crippen LogP contribution in [0.25, 0.3) is 11.0 Å². The fourth-order valence-electron chi connectivity index (χ4n) is 4.43. The molecule has 4 aromatic rings. The maximum Gasteiger partial charge on any atom is 0.242 e. The summed E-state index contributed by atoms with van der Waals surface area (Å²) in [4.78, 5) is 19.0. The summed E-state index contributed by atoms with van der Waals surface area (Å²) < 4.78 is 7.20. The van der Waals surface area contributed by atoms with E-state index in [1.54, 1.807) is 23.1 Å². The first kappa shape index (κ1) is 24.0. The van der Waals surface area contributed by atoms with Crippen LogP contribution >= 0.6 is 11.3 Å². The highest BCUT2D eigenvalue weighted by Crippen LogP contribution is 2.31. The molecule has 0 saturated heterocycles. The normalized spacial score (nSPS) is 12.3. The highest BCUT2D eigenvalue weighted by atomic mass is 32.1. The maximum absolute atomic E-state index is 13.1. The summed E-state index contributed by atoms with van der Waals surface area (Å²) >= 11 is 1.66. The van der Waals surface area contributed by atoms with Crippen molar-refractivity contribution in [3.8, 4) is 5.88 Å². The molecule has 0 spiro atoms. The molecule has 6 nitrogen and oxygen atoms in total. The first-order valence-electron chi connectivity index (χ1n) is 11.6. The Morgan fingerprint density at radius 2 is 1.85 bits per heavy atom. The monoisotopic (exact) mass is 476 g/mol. The van der Waals surface area contributed by atoms with Crippen molar-refractivity contribution in [1.82, 2.24) is 20.1 Å². The number of methoxy groups -OCH3 is 1. The van der Waals surface area contributed by atoms with Crippen LogP contribution in [-0.4, -0.2) is 27.8 Å². The Morgan fingerprint density at radius 3 is 2.47 bits per heavy atom. The smallest absolute Gasteiger partial charge is 0.242 e. The largest absolute Gasteiger partial charge is 0.479 e. The number of carbonyl (C=O) groups excluding carboxylic acids is 1. The molecule has 1 aromatic carbocycles. The van der Waals surface area contributed by atoms with E-state index in [0.717, 1.165) is 38.3 Å². The molecule has 0 bridgehead atoms. The molecule has 0 aliphatic rings. The van der Waals surface area contributed by atoms with Crippen molar-refractivity contribution in [1.29, 1.82) is 0 Å². The summed E-state index contributed by atoms with van der Waals surface area (Å²) in [5.41, 5.74) is 6.24. The number of pyridine rings is 1. The molecular weight excluding hydrogens is 444 g/mol. The first-order valence-corrected chi connectivity index (χ1v) is 12.5. The standard InChI is InChI=1S/C27H32N4O2S/c1-16(2)19-9-11-20(12-10-19)25(22-8-7-15-34-22)29-23(32)14-13-21-17(3)24-26(28-18(21)4)31(5)30-27(24)33-6/h7-12,15-16,25H,13-14H2,1-6H3,(H,29,32). The highest BCUT2D eigenvalue weighted by Gasteiger charge is 2.21. The molecule has 0 saturated carbocycles. The summed E-state index contributed by atoms with van der Waals surface area (Å²) in [5, 5.41) is 10.6. The third kappa shape index (κ3) is 4.71. The second-order valence-corrected chi connectivity index (χ2v) is 9.95. The van der Waals surface area contributed by atoms with Gasteiger partial charge in [-0.15, -0.1) is 16.4 Å². The van der Waals surface area contributed by atoms with Crippen molar-refractivity contribution >= 4 is 28.3 Å². The molecule has 4 rings (SSSR count). The molecule has 0 fully saturated rings. The fourth-order valence-corrected chi connectivity index (χ4v) is 5.23. The number of amides is 1. The Labute approximate surface area is 205 Å². The van der Waals surface area contributed by atoms with Gasteiger partial charge in [0.2, 0.25) is 11.8 Å². The number of benzene rings is 1. The zero-order valence-corrected chi connectivity index (χ0v) is 21.5. The van der Waals surface area contributed by atoms with Crippen LogP contribution in [0.2, 0.25) is 0 Å². The van der Waals surface area contributed by atoms with Crippen molar-refractivity contribution in [2.75, 3.05) is 7.11 Å². The summed E-state index contributed by atoms with van der Waals surface area (Å²) in [5.74, 6) is 1.05. The van der Waals surface area contributed by atoms with Gasteiger partial charge in [-0.2, -0.15) is 0 Å². The van der Waals surface area contributed by atoms with Crippen molar-refractivity contribution in [3.63, 3.8) is 0 Å². The molecule has 3 aromatic heterocycles. The molecule has 1 N–H and O–H groups in total. The number of hydrogen-bond acceptors (Lipinski definition) is 5. The topological polar surface area (TPSA) is 69.0 Å². The van der Waals surface area contributed by atoms with Gasteiger partial charge >= 0.3 is 0 Å². The van der Waals surface area contributed by atoms with Gasteiger partial charge in [0.15, 0.2) is 5.65 Å². The molecule has 178 valence electrons. The van der Waals surface area contributed by atoms with Gasteiger partial charge in [0, 0.05) is 24.0 Å². The molecule has 3 heterocycles. The van der Waals surface area contributed by atoms with Crippen LogP contribution < -0.4 is 10.1 Å². The Kier molecular flexibility index (Phi) is 7.03. The summed E-state index contributed by atoms with van der Waals surface area (Å²) in [6, 6.07) is 12.5. The molecule has 0 aliphatic carbocycles. The molecule has 7 heteroatoms. The van der Waals surface area contributed by atoms with E-state index in [2.05, 4.69) is 61.5 Å². The number of hydrogen-bond donors (Lipinski definition) is 1. The van der Waals surface area contributed by atoms with Gasteiger partial charge in [-0.25, -0.2) is 9.67 Å². The second-order valence-electron chi connectivity index (χ2n) is 8.97. The minimum atomic E-state index is -0.157. The Morgan fingerprint density at radius 1 is 1.15 bits per heavy atom. The molecule has 1 atom stereocenters. The van der Waals surface area contributed by atoms with E-state index < -0.39 is 0 Å². The fraction of sp³-hybridized carbons (Fsp3) is 0.370. The average Bonchev–Trinajstić information content (AvgIpc) is 3.45. The van der Waals surface area contributed by atoms with Crippen LogP contribution in [0.15, 0.2) is 41.8 Å². The number of nitrogens with zero attached hydrogens (tertiary/aromatic N) is 3. The lowest BCUT2D eigenvalue weighted by molar-refractivity contribution is -0.121. The predicted octanol–water partition coefficient (Wildman–Crippen LogP) is 5.62. The predicted molar refractivity (Wildman–Crippen MR) is 138 cm³/mol. The van der Waals surface area contributed by atoms with Crippen molar-refractivity contribution in [2.24, 2.45) is 7.05 Å². The summed E-state index contributed by atoms with van der Waals surface area (Å²) in [6.07, 6.45) is 0.983. The van der Waals surface area contributed by atoms with E-state index in [4.69, 9.17) is 9.72 Å². The Balaban J connectivity index is 1.54. The van der Waals surface area contributed by atoms with Gasteiger partial charge in [0.05, 0.1) is 18.5 Å². The van der Waals surface area contributed by atoms with Crippen LogP contribution in [0.1, 0.15) is 65.1 Å². The number of thiophene rings is 1. The third-order valence-electron chi connectivity index (χ3n) is 6.39. The first-order chi connectivity index (χ1) is 16.3. The number of nitrogens with one attached hydrogen (secondary N) is 1. The lowest BCUT2D eigenvalue weighted by Crippen LogP contribution is -2.29. The highest BCUT2D eigenvalue weighted by molar-refractivity contribution is 7.10. The number of aryl methyl sites for hydroxylation is 3. The van der Waals surface area contributed by atoms with E-state index in [1.807, 2.05) is 25.4 Å². The van der Waals surface area contributed by atoms with Crippen molar-refractivity contribution in [2.45, 2.75) is 52.5 Å². The van der Waals surface area contributed by atoms with Gasteiger partial charge in [0.1, 0.15) is 0 Å². The van der Waals surface area contributed by atoms with Gasteiger partial charge in [-0.1, -0.05) is 44.2 Å². The van der Waals surface area contributed by atoms with E-state index >= 15 is 0 Å². The molecule has 1 unspecified atom stereocenters. The Bertz CT molecular complexity index is 1290. The average molecular weight is 477 g/mol. The van der Waals surface area contributed by atoms with Crippen LogP contribution in [0.5, 0.6) is 5.88 Å². The molecule has 1 amide bonds. The van der Waals surface area contributed by atoms with Crippen molar-refractivity contribution < 1.29 is 9.53 Å². The quantitative estimate of drug-likeness (QED) is 0.358. The van der Waals surface area contributed by atoms with E-state index in [0.29, 0.717) is 24.6 Å². The SMILES string of the molecule is COc1nn(C)c2nc(C)c(CCC(=O)NC(c3ccc(C(C)C)cc3)c3cccs3)c(C)c12. The zero-order chi connectivity index (χ0) is 24.4. The van der Waals surface area contributed by atoms with Crippen LogP contribution in [0.4, 0.5) is 0 Å². The van der Waals surface area contributed by atoms with E-state index in [1.165, 1.54) is 5.56 Å². The maximum atomic E-state index is 13.1. The van der Waals surface area contributed by atoms with E-state index in [-0.39, 0.29) is 11.9 Å². The number of ether oxygens (including phenoxy) is 1. The van der Waals surface area contributed by atoms with E-state index in [9.17, 15) is 4.79 Å². The Hall–Kier alpha value is -3.19. The number of aromatic nitrogens is 3. The third-order valence-corrected chi connectivity index (χ3v) is 7.32. The molecule has 34 heavy (non-hydrogen) atoms. The second kappa shape index (κ2) is 9.97. The molecule has 0 radical (unpaired) electrons. The van der Waals surface area contributed by atoms with Crippen LogP contribution in [0.3, 0.4) is 0 Å². The molecular formula is C27H32N4O2S. The molecule has 0 aliphatic heterocycles. The lowest BCUT2D eigenvalue weighted by Gasteiger charge is -2.19. The van der Waals surface area contributed by atoms with Gasteiger partial charge in [-0.05, 0) is 59.9 Å². The van der Waals surface area contributed by atoms with Gasteiger partial charge in [0.25, 0.3) is 0 Å².